The van der Waals surface area contributed by atoms with Crippen LogP contribution in [0.2, 0.25) is 0 Å². The molecule has 7 aromatic rings. The Labute approximate surface area is 411 Å². The predicted molar refractivity (Wildman–Crippen MR) is 271 cm³/mol. The topological polar surface area (TPSA) is 195 Å². The first-order valence-corrected chi connectivity index (χ1v) is 23.8. The molecule has 6 aromatic carbocycles. The fourth-order valence-corrected chi connectivity index (χ4v) is 9.20. The minimum absolute atomic E-state index is 0.0626. The number of H-pyrrole nitrogens is 1. The molecular formula is C56H56N6O9. The number of aromatic nitrogens is 1. The van der Waals surface area contributed by atoms with Crippen LogP contribution in [0.5, 0.6) is 11.5 Å². The molecule has 3 aliphatic rings. The Hall–Kier alpha value is -7.98. The molecule has 0 saturated carbocycles. The van der Waals surface area contributed by atoms with E-state index in [1.54, 1.807) is 60.7 Å². The number of rotatable bonds is 18. The molecule has 71 heavy (non-hydrogen) atoms. The number of anilines is 2. The van der Waals surface area contributed by atoms with Crippen molar-refractivity contribution in [1.82, 2.24) is 20.5 Å². The van der Waals surface area contributed by atoms with E-state index in [1.165, 1.54) is 17.0 Å². The smallest absolute Gasteiger partial charge is 0.408 e. The second kappa shape index (κ2) is 22.6. The Balaban J connectivity index is 0.748. The molecule has 0 aliphatic carbocycles. The maximum atomic E-state index is 13.7. The van der Waals surface area contributed by atoms with Crippen molar-refractivity contribution in [1.29, 1.82) is 0 Å². The van der Waals surface area contributed by atoms with Crippen LogP contribution in [0.15, 0.2) is 163 Å². The molecule has 4 heterocycles. The number of fused-ring (bicyclic) bond motifs is 4. The highest BCUT2D eigenvalue weighted by Gasteiger charge is 2.37. The number of esters is 1. The number of benzene rings is 6. The largest absolute Gasteiger partial charge is 0.506 e. The number of alkyl carbamates (subject to hydrolysis) is 1. The summed E-state index contributed by atoms with van der Waals surface area (Å²) in [7, 11) is 0. The number of hydrogen-bond donors (Lipinski definition) is 6. The Morgan fingerprint density at radius 2 is 1.51 bits per heavy atom. The minimum Gasteiger partial charge on any atom is -0.506 e. The molecule has 3 fully saturated rings. The summed E-state index contributed by atoms with van der Waals surface area (Å²) in [5.41, 5.74) is 5.53. The number of phenolic OH excluding ortho intramolecular Hbond substituents is 1. The first kappa shape index (κ1) is 48.1. The number of ether oxygens (including phenoxy) is 3. The number of aliphatic hydroxyl groups is 1. The van der Waals surface area contributed by atoms with E-state index in [9.17, 15) is 29.4 Å². The van der Waals surface area contributed by atoms with Gasteiger partial charge in [-0.15, -0.1) is 0 Å². The molecule has 3 saturated heterocycles. The number of carbonyl (C=O) groups excluding carboxylic acids is 3. The molecule has 0 radical (unpaired) electrons. The fourth-order valence-electron chi connectivity index (χ4n) is 9.20. The summed E-state index contributed by atoms with van der Waals surface area (Å²) in [4.78, 5) is 58.4. The van der Waals surface area contributed by atoms with Crippen molar-refractivity contribution in [3.05, 3.63) is 201 Å². The Morgan fingerprint density at radius 3 is 2.24 bits per heavy atom. The van der Waals surface area contributed by atoms with Crippen molar-refractivity contribution >= 4 is 40.4 Å². The van der Waals surface area contributed by atoms with Crippen molar-refractivity contribution in [3.63, 3.8) is 0 Å². The van der Waals surface area contributed by atoms with Crippen LogP contribution in [0.25, 0.3) is 10.9 Å². The number of pyridine rings is 1. The highest BCUT2D eigenvalue weighted by atomic mass is 16.6. The second-order valence-corrected chi connectivity index (χ2v) is 17.8. The molecule has 15 nitrogen and oxygen atoms in total. The van der Waals surface area contributed by atoms with Crippen molar-refractivity contribution in [2.24, 2.45) is 5.92 Å². The lowest BCUT2D eigenvalue weighted by Gasteiger charge is -2.43. The number of para-hydroxylation sites is 1. The molecule has 3 amide bonds. The number of aromatic hydroxyl groups is 1. The van der Waals surface area contributed by atoms with Gasteiger partial charge >= 0.3 is 18.1 Å². The number of aliphatic hydroxyl groups excluding tert-OH is 1. The summed E-state index contributed by atoms with van der Waals surface area (Å²) in [5, 5.41) is 30.9. The first-order chi connectivity index (χ1) is 34.6. The van der Waals surface area contributed by atoms with E-state index in [-0.39, 0.29) is 49.2 Å². The van der Waals surface area contributed by atoms with E-state index in [1.807, 2.05) is 84.9 Å². The zero-order valence-electron chi connectivity index (χ0n) is 39.0. The molecule has 0 spiro atoms. The maximum absolute atomic E-state index is 13.7. The Bertz CT molecular complexity index is 2980. The summed E-state index contributed by atoms with van der Waals surface area (Å²) >= 11 is 0. The number of piperidine rings is 3. The van der Waals surface area contributed by atoms with Crippen LogP contribution in [-0.2, 0) is 22.6 Å². The quantitative estimate of drug-likeness (QED) is 0.0452. The molecule has 10 rings (SSSR count). The highest BCUT2D eigenvalue weighted by molar-refractivity contribution is 6.01. The van der Waals surface area contributed by atoms with Gasteiger partial charge in [0.05, 0.1) is 29.8 Å². The third kappa shape index (κ3) is 12.3. The SMILES string of the molecule is O=C(N[C@@H](c1ccccc1)c1cccc(OCc2ccc(C(=O)OCCN(C(=O)Nc3ccc(CNC[C@H](O)c4ccc(O)c5[nH]c(=O)ccc45)cc3)c3ccccc3)cc2)c1)O[C@H]1CN2CCC1CC2. The zero-order chi connectivity index (χ0) is 49.1. The predicted octanol–water partition coefficient (Wildman–Crippen LogP) is 8.44. The molecule has 2 bridgehead atoms. The van der Waals surface area contributed by atoms with Crippen molar-refractivity contribution in [3.8, 4) is 11.5 Å². The van der Waals surface area contributed by atoms with Crippen LogP contribution in [0.1, 0.15) is 63.2 Å². The molecule has 15 heteroatoms. The van der Waals surface area contributed by atoms with Crippen LogP contribution in [0.3, 0.4) is 0 Å². The van der Waals surface area contributed by atoms with E-state index in [0.29, 0.717) is 46.1 Å². The van der Waals surface area contributed by atoms with Gasteiger partial charge in [-0.3, -0.25) is 14.6 Å². The number of amides is 3. The summed E-state index contributed by atoms with van der Waals surface area (Å²) in [6.07, 6.45) is 0.650. The lowest BCUT2D eigenvalue weighted by Crippen LogP contribution is -2.52. The number of urea groups is 1. The van der Waals surface area contributed by atoms with Gasteiger partial charge in [-0.25, -0.2) is 14.4 Å². The van der Waals surface area contributed by atoms with E-state index < -0.39 is 30.2 Å². The Morgan fingerprint density at radius 1 is 0.789 bits per heavy atom. The van der Waals surface area contributed by atoms with Gasteiger partial charge in [0, 0.05) is 42.5 Å². The van der Waals surface area contributed by atoms with Crippen molar-refractivity contribution in [2.45, 2.75) is 44.2 Å². The van der Waals surface area contributed by atoms with Gasteiger partial charge in [0.25, 0.3) is 0 Å². The number of phenols is 1. The lowest BCUT2D eigenvalue weighted by atomic mass is 9.86. The summed E-state index contributed by atoms with van der Waals surface area (Å²) in [6, 6.07) is 45.9. The molecule has 0 unspecified atom stereocenters. The van der Waals surface area contributed by atoms with Gasteiger partial charge in [0.15, 0.2) is 0 Å². The monoisotopic (exact) mass is 956 g/mol. The number of hydrogen-bond acceptors (Lipinski definition) is 11. The Kier molecular flexibility index (Phi) is 15.3. The summed E-state index contributed by atoms with van der Waals surface area (Å²) in [5.74, 6) is 0.411. The molecule has 3 atom stereocenters. The summed E-state index contributed by atoms with van der Waals surface area (Å²) in [6.45, 7) is 3.81. The third-order valence-electron chi connectivity index (χ3n) is 13.0. The second-order valence-electron chi connectivity index (χ2n) is 17.8. The number of aromatic amines is 1. The molecule has 3 aliphatic heterocycles. The molecule has 364 valence electrons. The highest BCUT2D eigenvalue weighted by Crippen LogP contribution is 2.32. The van der Waals surface area contributed by atoms with Crippen molar-refractivity contribution in [2.75, 3.05) is 49.5 Å². The summed E-state index contributed by atoms with van der Waals surface area (Å²) < 4.78 is 17.8. The van der Waals surface area contributed by atoms with Gasteiger partial charge in [-0.05, 0) is 120 Å². The zero-order valence-corrected chi connectivity index (χ0v) is 39.0. The van der Waals surface area contributed by atoms with Crippen LogP contribution >= 0.6 is 0 Å². The number of nitrogens with zero attached hydrogens (tertiary/aromatic N) is 2. The minimum atomic E-state index is -0.905. The first-order valence-electron chi connectivity index (χ1n) is 23.8. The normalized spacial score (nSPS) is 16.9. The molecule has 1 aromatic heterocycles. The van der Waals surface area contributed by atoms with Gasteiger partial charge in [-0.2, -0.15) is 0 Å². The van der Waals surface area contributed by atoms with Gasteiger partial charge in [-0.1, -0.05) is 91.0 Å². The fraction of sp³-hybridized carbons (Fsp3) is 0.250. The van der Waals surface area contributed by atoms with Gasteiger partial charge in [0.2, 0.25) is 5.56 Å². The van der Waals surface area contributed by atoms with Crippen LogP contribution < -0.4 is 31.1 Å². The average molecular weight is 957 g/mol. The average Bonchev–Trinajstić information content (AvgIpc) is 3.40. The van der Waals surface area contributed by atoms with Gasteiger partial charge in [0.1, 0.15) is 30.8 Å². The van der Waals surface area contributed by atoms with E-state index in [2.05, 4.69) is 25.8 Å². The van der Waals surface area contributed by atoms with Crippen LogP contribution in [0, 0.1) is 5.92 Å². The lowest BCUT2D eigenvalue weighted by molar-refractivity contribution is -0.0336. The van der Waals surface area contributed by atoms with E-state index in [0.717, 1.165) is 54.7 Å². The third-order valence-corrected chi connectivity index (χ3v) is 13.0. The van der Waals surface area contributed by atoms with E-state index in [4.69, 9.17) is 14.2 Å². The van der Waals surface area contributed by atoms with E-state index >= 15 is 0 Å². The molecular weight excluding hydrogens is 901 g/mol. The van der Waals surface area contributed by atoms with Crippen molar-refractivity contribution < 1.29 is 38.8 Å². The number of nitrogens with one attached hydrogen (secondary N) is 4. The number of carbonyl (C=O) groups is 3. The standard InChI is InChI=1S/C56H56N6O9/c63-48-24-22-46(47-23-25-51(65)59-53(47)48)49(64)34-57-33-37-16-20-43(21-17-37)58-55(67)62(44-11-5-2-6-12-44)30-31-69-54(66)41-18-14-38(15-19-41)36-70-45-13-7-10-42(32-45)52(40-8-3-1-4-9-40)60-56(68)71-50-35-61-28-26-39(50)27-29-61/h1-25,32,39,49-50,52,57,63-64H,26-31,33-36H2,(H,58,67)(H,59,65)(H,60,68)/t49-,50-,52-/m0/s1. The maximum Gasteiger partial charge on any atom is 0.408 e. The van der Waals surface area contributed by atoms with Gasteiger partial charge < -0.3 is 45.4 Å². The van der Waals surface area contributed by atoms with Crippen LogP contribution in [0.4, 0.5) is 21.0 Å². The van der Waals surface area contributed by atoms with Crippen LogP contribution in [-0.4, -0.2) is 83.6 Å². The molecule has 6 N–H and O–H groups in total.